The fourth-order valence-electron chi connectivity index (χ4n) is 4.70. The largest absolute Gasteiger partial charge is 0.505 e. The van der Waals surface area contributed by atoms with E-state index >= 15 is 0 Å². The molecule has 1 heterocycles. The van der Waals surface area contributed by atoms with E-state index in [1.165, 1.54) is 33.8 Å². The lowest BCUT2D eigenvalue weighted by molar-refractivity contribution is 0.0775. The van der Waals surface area contributed by atoms with E-state index in [9.17, 15) is 23.4 Å². The number of nitrogens with two attached hydrogens (primary N) is 1. The van der Waals surface area contributed by atoms with Crippen LogP contribution in [0.2, 0.25) is 0 Å². The number of phenolic OH excluding ortho intramolecular Hbond substituents is 1. The summed E-state index contributed by atoms with van der Waals surface area (Å²) in [5.41, 5.74) is 7.98. The summed E-state index contributed by atoms with van der Waals surface area (Å²) in [7, 11) is -2.26. The molecule has 6 N–H and O–H groups in total. The van der Waals surface area contributed by atoms with Crippen LogP contribution in [0.25, 0.3) is 10.2 Å². The Balaban J connectivity index is 1.64. The molecular weight excluding hydrogens is 574 g/mol. The van der Waals surface area contributed by atoms with Crippen LogP contribution in [0.4, 0.5) is 10.8 Å². The molecule has 0 spiro atoms. The second kappa shape index (κ2) is 13.1. The van der Waals surface area contributed by atoms with Gasteiger partial charge in [0.2, 0.25) is 10.0 Å². The molecule has 0 aliphatic carbocycles. The molecule has 42 heavy (non-hydrogen) atoms. The molecule has 2 atom stereocenters. The van der Waals surface area contributed by atoms with E-state index in [4.69, 9.17) is 5.73 Å². The van der Waals surface area contributed by atoms with Gasteiger partial charge in [-0.15, -0.1) is 0 Å². The number of anilines is 2. The maximum absolute atomic E-state index is 13.9. The molecule has 3 aromatic carbocycles. The Morgan fingerprint density at radius 1 is 1.10 bits per heavy atom. The minimum absolute atomic E-state index is 0.0300. The number of benzene rings is 3. The Labute approximate surface area is 250 Å². The molecule has 0 aliphatic rings. The standard InChI is InChI=1S/C30H37N5O5S2/c1-18(2)16-35(42(39,40)21-10-13-24-27(15-21)41-30(32-4)34-24)17-26(36)25(14-20-8-6-5-7-9-20)33-29(38)22-11-12-23(31)28(37)19(22)3/h5-13,15,18,25-26,36-37H,14,16-17,31H2,1-4H3,(H,32,34)(H,33,38)/t25-,26+/m0/s1. The Morgan fingerprint density at radius 2 is 1.81 bits per heavy atom. The van der Waals surface area contributed by atoms with Crippen LogP contribution in [0.3, 0.4) is 0 Å². The lowest BCUT2D eigenvalue weighted by Gasteiger charge is -2.31. The number of phenols is 1. The number of nitrogens with one attached hydrogen (secondary N) is 2. The van der Waals surface area contributed by atoms with E-state index in [1.807, 2.05) is 44.2 Å². The molecular formula is C30H37N5O5S2. The van der Waals surface area contributed by atoms with Gasteiger partial charge in [-0.05, 0) is 55.2 Å². The number of aromatic hydroxyl groups is 1. The molecule has 10 nitrogen and oxygen atoms in total. The van der Waals surface area contributed by atoms with Crippen molar-refractivity contribution in [3.63, 3.8) is 0 Å². The zero-order valence-corrected chi connectivity index (χ0v) is 25.7. The molecule has 0 fully saturated rings. The molecule has 4 rings (SSSR count). The number of aliphatic hydroxyl groups is 1. The topological polar surface area (TPSA) is 158 Å². The third kappa shape index (κ3) is 7.01. The van der Waals surface area contributed by atoms with Crippen molar-refractivity contribution in [3.8, 4) is 5.75 Å². The molecule has 12 heteroatoms. The molecule has 0 saturated heterocycles. The van der Waals surface area contributed by atoms with Gasteiger partial charge in [-0.1, -0.05) is 55.5 Å². The van der Waals surface area contributed by atoms with Crippen LogP contribution in [0.1, 0.15) is 35.3 Å². The Kier molecular flexibility index (Phi) is 9.72. The van der Waals surface area contributed by atoms with Crippen molar-refractivity contribution in [2.24, 2.45) is 5.92 Å². The highest BCUT2D eigenvalue weighted by molar-refractivity contribution is 7.89. The van der Waals surface area contributed by atoms with Crippen LogP contribution < -0.4 is 16.4 Å². The third-order valence-electron chi connectivity index (χ3n) is 6.96. The number of thiazole rings is 1. The Morgan fingerprint density at radius 3 is 2.48 bits per heavy atom. The third-order valence-corrected chi connectivity index (χ3v) is 9.82. The second-order valence-electron chi connectivity index (χ2n) is 10.6. The molecule has 224 valence electrons. The van der Waals surface area contributed by atoms with Gasteiger partial charge in [-0.25, -0.2) is 13.4 Å². The number of sulfonamides is 1. The van der Waals surface area contributed by atoms with Crippen LogP contribution in [0, 0.1) is 12.8 Å². The van der Waals surface area contributed by atoms with E-state index in [0.29, 0.717) is 16.2 Å². The van der Waals surface area contributed by atoms with Gasteiger partial charge >= 0.3 is 0 Å². The number of rotatable bonds is 12. The quantitative estimate of drug-likeness (QED) is 0.119. The maximum Gasteiger partial charge on any atom is 0.252 e. The van der Waals surface area contributed by atoms with Gasteiger partial charge < -0.3 is 26.6 Å². The van der Waals surface area contributed by atoms with Crippen molar-refractivity contribution >= 4 is 48.3 Å². The number of hydrogen-bond acceptors (Lipinski definition) is 9. The first-order valence-corrected chi connectivity index (χ1v) is 15.9. The maximum atomic E-state index is 13.9. The van der Waals surface area contributed by atoms with Crippen molar-refractivity contribution < 1.29 is 23.4 Å². The predicted octanol–water partition coefficient (Wildman–Crippen LogP) is 3.98. The number of nitrogens with zero attached hydrogens (tertiary/aromatic N) is 2. The van der Waals surface area contributed by atoms with E-state index in [1.54, 1.807) is 26.1 Å². The van der Waals surface area contributed by atoms with E-state index in [-0.39, 0.29) is 47.3 Å². The molecule has 1 aromatic heterocycles. The summed E-state index contributed by atoms with van der Waals surface area (Å²) in [6, 6.07) is 16.2. The monoisotopic (exact) mass is 611 g/mol. The van der Waals surface area contributed by atoms with Crippen LogP contribution in [-0.4, -0.2) is 66.1 Å². The van der Waals surface area contributed by atoms with Gasteiger partial charge in [-0.2, -0.15) is 4.31 Å². The first-order valence-electron chi connectivity index (χ1n) is 13.6. The lowest BCUT2D eigenvalue weighted by Crippen LogP contribution is -2.51. The smallest absolute Gasteiger partial charge is 0.252 e. The fourth-order valence-corrected chi connectivity index (χ4v) is 7.28. The molecule has 1 amide bonds. The number of carbonyl (C=O) groups is 1. The van der Waals surface area contributed by atoms with Gasteiger partial charge in [0, 0.05) is 31.3 Å². The number of hydrogen-bond donors (Lipinski definition) is 5. The average Bonchev–Trinajstić information content (AvgIpc) is 3.38. The van der Waals surface area contributed by atoms with Crippen molar-refractivity contribution in [1.29, 1.82) is 0 Å². The number of amides is 1. The summed E-state index contributed by atoms with van der Waals surface area (Å²) >= 11 is 1.35. The Hall–Kier alpha value is -3.71. The summed E-state index contributed by atoms with van der Waals surface area (Å²) in [6.07, 6.45) is -1.00. The van der Waals surface area contributed by atoms with Crippen LogP contribution in [-0.2, 0) is 16.4 Å². The first kappa shape index (κ1) is 31.2. The van der Waals surface area contributed by atoms with Crippen molar-refractivity contribution in [3.05, 3.63) is 77.4 Å². The van der Waals surface area contributed by atoms with Crippen LogP contribution in [0.15, 0.2) is 65.6 Å². The zero-order chi connectivity index (χ0) is 30.6. The van der Waals surface area contributed by atoms with Gasteiger partial charge in [0.25, 0.3) is 5.91 Å². The van der Waals surface area contributed by atoms with Gasteiger partial charge in [-0.3, -0.25) is 4.79 Å². The molecule has 0 aliphatic heterocycles. The molecule has 0 unspecified atom stereocenters. The van der Waals surface area contributed by atoms with Gasteiger partial charge in [0.05, 0.1) is 32.9 Å². The molecule has 4 aromatic rings. The predicted molar refractivity (Wildman–Crippen MR) is 167 cm³/mol. The minimum atomic E-state index is -4.01. The van der Waals surface area contributed by atoms with Gasteiger partial charge in [0.1, 0.15) is 5.75 Å². The highest BCUT2D eigenvalue weighted by atomic mass is 32.2. The van der Waals surface area contributed by atoms with E-state index in [2.05, 4.69) is 15.6 Å². The van der Waals surface area contributed by atoms with Gasteiger partial charge in [0.15, 0.2) is 5.13 Å². The summed E-state index contributed by atoms with van der Waals surface area (Å²) in [5.74, 6) is -0.730. The average molecular weight is 612 g/mol. The highest BCUT2D eigenvalue weighted by Crippen LogP contribution is 2.30. The minimum Gasteiger partial charge on any atom is -0.505 e. The number of nitrogen functional groups attached to an aromatic ring is 1. The first-order chi connectivity index (χ1) is 19.9. The fraction of sp³-hybridized carbons (Fsp3) is 0.333. The molecule has 0 bridgehead atoms. The molecule has 0 radical (unpaired) electrons. The number of aromatic nitrogens is 1. The summed E-state index contributed by atoms with van der Waals surface area (Å²) in [6.45, 7) is 5.31. The summed E-state index contributed by atoms with van der Waals surface area (Å²) < 4.78 is 29.8. The number of fused-ring (bicyclic) bond motifs is 1. The second-order valence-corrected chi connectivity index (χ2v) is 13.6. The normalized spacial score (nSPS) is 13.4. The number of aliphatic hydroxyl groups excluding tert-OH is 1. The molecule has 0 saturated carbocycles. The van der Waals surface area contributed by atoms with Crippen LogP contribution >= 0.6 is 11.3 Å². The lowest BCUT2D eigenvalue weighted by atomic mass is 9.99. The highest BCUT2D eigenvalue weighted by Gasteiger charge is 2.32. The van der Waals surface area contributed by atoms with Crippen molar-refractivity contribution in [2.45, 2.75) is 44.2 Å². The van der Waals surface area contributed by atoms with Crippen molar-refractivity contribution in [1.82, 2.24) is 14.6 Å². The Bertz CT molecular complexity index is 1660. The van der Waals surface area contributed by atoms with E-state index in [0.717, 1.165) is 10.3 Å². The van der Waals surface area contributed by atoms with E-state index < -0.39 is 28.1 Å². The number of carbonyl (C=O) groups excluding carboxylic acids is 1. The zero-order valence-electron chi connectivity index (χ0n) is 24.0. The van der Waals surface area contributed by atoms with Crippen LogP contribution in [0.5, 0.6) is 5.75 Å². The SMILES string of the molecule is CNc1nc2ccc(S(=O)(=O)N(CC(C)C)C[C@@H](O)[C@H](Cc3ccccc3)NC(=O)c3ccc(N)c(O)c3C)cc2s1. The summed E-state index contributed by atoms with van der Waals surface area (Å²) in [5, 5.41) is 28.3. The summed E-state index contributed by atoms with van der Waals surface area (Å²) in [4.78, 5) is 17.9. The van der Waals surface area contributed by atoms with Crippen molar-refractivity contribution in [2.75, 3.05) is 31.2 Å².